The van der Waals surface area contributed by atoms with Crippen LogP contribution in [0.15, 0.2) is 42.0 Å². The molecule has 0 bridgehead atoms. The van der Waals surface area contributed by atoms with E-state index in [0.717, 1.165) is 4.90 Å². The Balaban J connectivity index is 2.35. The van der Waals surface area contributed by atoms with Gasteiger partial charge in [-0.05, 0) is 12.1 Å². The van der Waals surface area contributed by atoms with Crippen LogP contribution in [-0.2, 0) is 9.59 Å². The van der Waals surface area contributed by atoms with Gasteiger partial charge in [-0.3, -0.25) is 9.59 Å². The lowest BCUT2D eigenvalue weighted by Gasteiger charge is -2.14. The molecule has 76 valence electrons. The van der Waals surface area contributed by atoms with Crippen molar-refractivity contribution in [1.82, 2.24) is 0 Å². The van der Waals surface area contributed by atoms with E-state index in [9.17, 15) is 9.59 Å². The lowest BCUT2D eigenvalue weighted by Crippen LogP contribution is -2.31. The number of carbonyl (C=O) groups is 2. The van der Waals surface area contributed by atoms with Crippen molar-refractivity contribution in [2.45, 2.75) is 0 Å². The molecule has 0 spiro atoms. The third-order valence-electron chi connectivity index (χ3n) is 2.23. The second-order valence-electron chi connectivity index (χ2n) is 3.19. The Bertz CT molecular complexity index is 437. The van der Waals surface area contributed by atoms with Gasteiger partial charge in [-0.2, -0.15) is 0 Å². The largest absolute Gasteiger partial charge is 0.326 e. The van der Waals surface area contributed by atoms with Gasteiger partial charge in [-0.1, -0.05) is 18.2 Å². The van der Waals surface area contributed by atoms with Gasteiger partial charge >= 0.3 is 0 Å². The van der Waals surface area contributed by atoms with Gasteiger partial charge in [0.25, 0.3) is 11.8 Å². The number of carbonyl (C=O) groups excluding carboxylic acids is 2. The molecule has 0 saturated heterocycles. The highest BCUT2D eigenvalue weighted by Crippen LogP contribution is 2.21. The molecule has 0 saturated carbocycles. The molecule has 0 fully saturated rings. The van der Waals surface area contributed by atoms with Gasteiger partial charge in [0.15, 0.2) is 0 Å². The number of hydrogen-bond acceptors (Lipinski definition) is 3. The van der Waals surface area contributed by atoms with Gasteiger partial charge in [-0.25, -0.2) is 4.90 Å². The normalized spacial score (nSPS) is 15.8. The van der Waals surface area contributed by atoms with E-state index in [1.54, 1.807) is 24.3 Å². The zero-order chi connectivity index (χ0) is 10.8. The fourth-order valence-corrected chi connectivity index (χ4v) is 1.49. The van der Waals surface area contributed by atoms with Gasteiger partial charge in [0.1, 0.15) is 0 Å². The first-order valence-corrected chi connectivity index (χ1v) is 4.58. The van der Waals surface area contributed by atoms with Crippen LogP contribution < -0.4 is 10.6 Å². The molecule has 4 heteroatoms. The molecule has 1 aromatic carbocycles. The van der Waals surface area contributed by atoms with Gasteiger partial charge in [0.05, 0.1) is 5.69 Å². The molecule has 2 rings (SSSR count). The molecule has 1 aromatic rings. The van der Waals surface area contributed by atoms with Crippen LogP contribution in [0.1, 0.15) is 0 Å². The Kier molecular flexibility index (Phi) is 2.35. The number of amides is 2. The highest BCUT2D eigenvalue weighted by Gasteiger charge is 2.30. The Morgan fingerprint density at radius 3 is 2.33 bits per heavy atom. The molecule has 0 atom stereocenters. The van der Waals surface area contributed by atoms with Crippen molar-refractivity contribution in [2.75, 3.05) is 11.4 Å². The molecule has 0 aliphatic carbocycles. The van der Waals surface area contributed by atoms with E-state index in [1.807, 2.05) is 6.07 Å². The number of rotatable bonds is 2. The summed E-state index contributed by atoms with van der Waals surface area (Å²) >= 11 is 0. The minimum Gasteiger partial charge on any atom is -0.326 e. The first-order valence-electron chi connectivity index (χ1n) is 4.58. The van der Waals surface area contributed by atoms with Gasteiger partial charge < -0.3 is 5.73 Å². The van der Waals surface area contributed by atoms with Gasteiger partial charge in [0, 0.05) is 18.2 Å². The summed E-state index contributed by atoms with van der Waals surface area (Å²) in [6.45, 7) is 0.0912. The van der Waals surface area contributed by atoms with Crippen molar-refractivity contribution in [1.29, 1.82) is 0 Å². The maximum Gasteiger partial charge on any atom is 0.262 e. The smallest absolute Gasteiger partial charge is 0.262 e. The van der Waals surface area contributed by atoms with Crippen molar-refractivity contribution < 1.29 is 9.59 Å². The Morgan fingerprint density at radius 2 is 1.80 bits per heavy atom. The molecule has 0 unspecified atom stereocenters. The van der Waals surface area contributed by atoms with Crippen LogP contribution >= 0.6 is 0 Å². The van der Waals surface area contributed by atoms with Gasteiger partial charge in [-0.15, -0.1) is 0 Å². The lowest BCUT2D eigenvalue weighted by molar-refractivity contribution is -0.120. The van der Waals surface area contributed by atoms with E-state index in [2.05, 4.69) is 0 Å². The standard InChI is InChI=1S/C11H10N2O2/c12-7-8-6-10(14)13(11(8)15)9-4-2-1-3-5-9/h1-6H,7,12H2. The fourth-order valence-electron chi connectivity index (χ4n) is 1.49. The average molecular weight is 202 g/mol. The Morgan fingerprint density at radius 1 is 1.13 bits per heavy atom. The molecular formula is C11H10N2O2. The predicted octanol–water partition coefficient (Wildman–Crippen LogP) is 0.445. The van der Waals surface area contributed by atoms with Crippen LogP contribution in [0.25, 0.3) is 0 Å². The SMILES string of the molecule is NCC1=CC(=O)N(c2ccccc2)C1=O. The number of nitrogens with two attached hydrogens (primary N) is 1. The number of nitrogens with zero attached hydrogens (tertiary/aromatic N) is 1. The van der Waals surface area contributed by atoms with Crippen LogP contribution in [0.5, 0.6) is 0 Å². The van der Waals surface area contributed by atoms with Crippen LogP contribution in [-0.4, -0.2) is 18.4 Å². The Hall–Kier alpha value is -1.94. The second kappa shape index (κ2) is 3.67. The molecular weight excluding hydrogens is 192 g/mol. The molecule has 15 heavy (non-hydrogen) atoms. The van der Waals surface area contributed by atoms with Crippen LogP contribution in [0.4, 0.5) is 5.69 Å². The quantitative estimate of drug-likeness (QED) is 0.708. The lowest BCUT2D eigenvalue weighted by atomic mass is 10.2. The molecule has 1 heterocycles. The van der Waals surface area contributed by atoms with E-state index in [4.69, 9.17) is 5.73 Å². The second-order valence-corrected chi connectivity index (χ2v) is 3.19. The molecule has 4 nitrogen and oxygen atoms in total. The van der Waals surface area contributed by atoms with Crippen LogP contribution in [0, 0.1) is 0 Å². The first kappa shape index (κ1) is 9.61. The van der Waals surface area contributed by atoms with Crippen molar-refractivity contribution >= 4 is 17.5 Å². The molecule has 1 aliphatic rings. The van der Waals surface area contributed by atoms with E-state index in [1.165, 1.54) is 6.08 Å². The highest BCUT2D eigenvalue weighted by molar-refractivity contribution is 6.30. The molecule has 1 aliphatic heterocycles. The number of para-hydroxylation sites is 1. The summed E-state index contributed by atoms with van der Waals surface area (Å²) in [5.41, 5.74) is 6.29. The maximum absolute atomic E-state index is 11.7. The molecule has 0 aromatic heterocycles. The average Bonchev–Trinajstić information content (AvgIpc) is 2.55. The maximum atomic E-state index is 11.7. The Labute approximate surface area is 87.0 Å². The number of anilines is 1. The van der Waals surface area contributed by atoms with Crippen LogP contribution in [0.2, 0.25) is 0 Å². The van der Waals surface area contributed by atoms with E-state index in [-0.39, 0.29) is 18.4 Å². The molecule has 0 radical (unpaired) electrons. The van der Waals surface area contributed by atoms with Crippen molar-refractivity contribution in [2.24, 2.45) is 5.73 Å². The van der Waals surface area contributed by atoms with Gasteiger partial charge in [0.2, 0.25) is 0 Å². The monoisotopic (exact) mass is 202 g/mol. The third-order valence-corrected chi connectivity index (χ3v) is 2.23. The summed E-state index contributed by atoms with van der Waals surface area (Å²) in [5.74, 6) is -0.652. The number of imide groups is 1. The van der Waals surface area contributed by atoms with E-state index < -0.39 is 0 Å². The summed E-state index contributed by atoms with van der Waals surface area (Å²) < 4.78 is 0. The van der Waals surface area contributed by atoms with Crippen LogP contribution in [0.3, 0.4) is 0 Å². The first-order chi connectivity index (χ1) is 7.24. The topological polar surface area (TPSA) is 63.4 Å². The summed E-state index contributed by atoms with van der Waals surface area (Å²) in [5, 5.41) is 0. The van der Waals surface area contributed by atoms with Crippen molar-refractivity contribution in [3.8, 4) is 0 Å². The summed E-state index contributed by atoms with van der Waals surface area (Å²) in [6, 6.07) is 8.80. The number of benzene rings is 1. The molecule has 2 amide bonds. The zero-order valence-corrected chi connectivity index (χ0v) is 8.01. The highest BCUT2D eigenvalue weighted by atomic mass is 16.2. The number of hydrogen-bond donors (Lipinski definition) is 1. The van der Waals surface area contributed by atoms with E-state index >= 15 is 0 Å². The third kappa shape index (κ3) is 1.55. The minimum absolute atomic E-state index is 0.0912. The predicted molar refractivity (Wildman–Crippen MR) is 56.1 cm³/mol. The summed E-state index contributed by atoms with van der Waals surface area (Å²) in [6.07, 6.45) is 1.29. The fraction of sp³-hybridized carbons (Fsp3) is 0.0909. The molecule has 2 N–H and O–H groups in total. The van der Waals surface area contributed by atoms with Crippen molar-refractivity contribution in [3.05, 3.63) is 42.0 Å². The van der Waals surface area contributed by atoms with Crippen molar-refractivity contribution in [3.63, 3.8) is 0 Å². The summed E-state index contributed by atoms with van der Waals surface area (Å²) in [7, 11) is 0. The summed E-state index contributed by atoms with van der Waals surface area (Å²) in [4.78, 5) is 24.4. The zero-order valence-electron chi connectivity index (χ0n) is 8.01. The minimum atomic E-state index is -0.327. The van der Waals surface area contributed by atoms with E-state index in [0.29, 0.717) is 11.3 Å².